The van der Waals surface area contributed by atoms with Gasteiger partial charge in [0.25, 0.3) is 5.56 Å². The Morgan fingerprint density at radius 2 is 2.10 bits per heavy atom. The number of thiazole rings is 1. The number of fused-ring (bicyclic) bond motifs is 1. The van der Waals surface area contributed by atoms with Crippen molar-refractivity contribution >= 4 is 33.6 Å². The van der Waals surface area contributed by atoms with Crippen molar-refractivity contribution in [2.24, 2.45) is 5.92 Å². The zero-order valence-corrected chi connectivity index (χ0v) is 16.8. The number of rotatable bonds is 6. The number of H-pyrrole nitrogens is 1. The van der Waals surface area contributed by atoms with Crippen LogP contribution in [0.25, 0.3) is 10.3 Å². The van der Waals surface area contributed by atoms with Crippen LogP contribution in [0.5, 0.6) is 0 Å². The van der Waals surface area contributed by atoms with Gasteiger partial charge in [-0.1, -0.05) is 25.2 Å². The van der Waals surface area contributed by atoms with Crippen LogP contribution < -0.4 is 21.5 Å². The van der Waals surface area contributed by atoms with Crippen LogP contribution in [0.15, 0.2) is 9.59 Å². The molecule has 3 rings (SSSR count). The van der Waals surface area contributed by atoms with Crippen molar-refractivity contribution in [2.45, 2.75) is 44.4 Å². The van der Waals surface area contributed by atoms with Gasteiger partial charge in [0.15, 0.2) is 11.9 Å². The van der Waals surface area contributed by atoms with E-state index < -0.39 is 47.0 Å². The monoisotopic (exact) mass is 429 g/mol. The first-order valence-electron chi connectivity index (χ1n) is 8.92. The van der Waals surface area contributed by atoms with Crippen LogP contribution in [0.3, 0.4) is 0 Å². The fraction of sp³-hybridized carbons (Fsp3) is 0.625. The molecule has 1 saturated heterocycles. The van der Waals surface area contributed by atoms with Gasteiger partial charge in [-0.3, -0.25) is 23.9 Å². The first-order valence-corrected chi connectivity index (χ1v) is 9.73. The molecule has 5 atom stereocenters. The molecule has 0 saturated carbocycles. The minimum absolute atomic E-state index is 0.0122. The lowest BCUT2D eigenvalue weighted by Gasteiger charge is -2.20. The standard InChI is InChI=1S/C16H23N5O7S/c1-5(2)7(18-3)14(25)27-4-6-8(22)9(23)13(28-6)21-11-10(29-16(21)26)12(24)20-15(17)19-11/h5-9,13,18,22-23H,4H2,1-3H3,(H3,17,19,20,24). The van der Waals surface area contributed by atoms with Gasteiger partial charge in [0, 0.05) is 0 Å². The summed E-state index contributed by atoms with van der Waals surface area (Å²) in [5.41, 5.74) is 4.88. The Morgan fingerprint density at radius 3 is 2.72 bits per heavy atom. The van der Waals surface area contributed by atoms with E-state index in [1.54, 1.807) is 7.05 Å². The van der Waals surface area contributed by atoms with Crippen LogP contribution in [0.1, 0.15) is 20.1 Å². The van der Waals surface area contributed by atoms with Gasteiger partial charge in [0.2, 0.25) is 5.95 Å². The maximum atomic E-state index is 12.4. The molecule has 0 spiro atoms. The average Bonchev–Trinajstić information content (AvgIpc) is 3.10. The van der Waals surface area contributed by atoms with E-state index in [0.717, 1.165) is 4.57 Å². The SMILES string of the molecule is CNC(C(=O)OCC1OC(n2c(=O)sc3c(=O)[nH]c(N)nc32)C(O)C1O)C(C)C. The number of esters is 1. The van der Waals surface area contributed by atoms with E-state index >= 15 is 0 Å². The highest BCUT2D eigenvalue weighted by Gasteiger charge is 2.46. The Bertz CT molecular complexity index is 1020. The third kappa shape index (κ3) is 3.91. The van der Waals surface area contributed by atoms with Gasteiger partial charge in [-0.05, 0) is 13.0 Å². The number of nitrogens with one attached hydrogen (secondary N) is 2. The Morgan fingerprint density at radius 1 is 1.41 bits per heavy atom. The van der Waals surface area contributed by atoms with Gasteiger partial charge in [-0.15, -0.1) is 0 Å². The summed E-state index contributed by atoms with van der Waals surface area (Å²) in [6.45, 7) is 3.36. The quantitative estimate of drug-likeness (QED) is 0.326. The molecule has 1 aliphatic rings. The first kappa shape index (κ1) is 21.4. The predicted molar refractivity (Wildman–Crippen MR) is 103 cm³/mol. The van der Waals surface area contributed by atoms with Crippen LogP contribution in [0.2, 0.25) is 0 Å². The number of ether oxygens (including phenoxy) is 2. The third-order valence-electron chi connectivity index (χ3n) is 4.70. The molecule has 0 amide bonds. The van der Waals surface area contributed by atoms with E-state index in [1.165, 1.54) is 0 Å². The number of aliphatic hydroxyl groups excluding tert-OH is 2. The molecule has 0 bridgehead atoms. The molecule has 0 aromatic carbocycles. The molecule has 12 nitrogen and oxygen atoms in total. The summed E-state index contributed by atoms with van der Waals surface area (Å²) in [4.78, 5) is 42.2. The molecule has 2 aromatic heterocycles. The lowest BCUT2D eigenvalue weighted by atomic mass is 10.1. The minimum atomic E-state index is -1.51. The molecule has 29 heavy (non-hydrogen) atoms. The van der Waals surface area contributed by atoms with E-state index in [4.69, 9.17) is 15.2 Å². The number of nitrogens with zero attached hydrogens (tertiary/aromatic N) is 2. The minimum Gasteiger partial charge on any atom is -0.462 e. The van der Waals surface area contributed by atoms with Gasteiger partial charge in [0.05, 0.1) is 0 Å². The number of hydrogen-bond donors (Lipinski definition) is 5. The molecular formula is C16H23N5O7S. The number of likely N-dealkylation sites (N-methyl/N-ethyl adjacent to an activating group) is 1. The van der Waals surface area contributed by atoms with Gasteiger partial charge >= 0.3 is 10.8 Å². The van der Waals surface area contributed by atoms with Gasteiger partial charge in [0.1, 0.15) is 35.7 Å². The maximum absolute atomic E-state index is 12.4. The molecular weight excluding hydrogens is 406 g/mol. The summed E-state index contributed by atoms with van der Waals surface area (Å²) in [5.74, 6) is -0.764. The van der Waals surface area contributed by atoms with E-state index in [2.05, 4.69) is 15.3 Å². The smallest absolute Gasteiger partial charge is 0.323 e. The fourth-order valence-electron chi connectivity index (χ4n) is 3.23. The Hall–Kier alpha value is -2.32. The lowest BCUT2D eigenvalue weighted by Crippen LogP contribution is -2.42. The van der Waals surface area contributed by atoms with Crippen LogP contribution in [0.4, 0.5) is 5.95 Å². The second-order valence-electron chi connectivity index (χ2n) is 7.03. The van der Waals surface area contributed by atoms with Crippen molar-refractivity contribution in [1.29, 1.82) is 0 Å². The second kappa shape index (κ2) is 8.20. The number of nitrogens with two attached hydrogens (primary N) is 1. The van der Waals surface area contributed by atoms with E-state index in [-0.39, 0.29) is 28.8 Å². The van der Waals surface area contributed by atoms with Crippen LogP contribution in [0, 0.1) is 5.92 Å². The molecule has 5 unspecified atom stereocenters. The summed E-state index contributed by atoms with van der Waals surface area (Å²) in [7, 11) is 1.63. The maximum Gasteiger partial charge on any atom is 0.323 e. The molecule has 3 heterocycles. The van der Waals surface area contributed by atoms with Crippen molar-refractivity contribution in [1.82, 2.24) is 19.9 Å². The topological polar surface area (TPSA) is 182 Å². The predicted octanol–water partition coefficient (Wildman–Crippen LogP) is -1.87. The molecule has 13 heteroatoms. The summed E-state index contributed by atoms with van der Waals surface area (Å²) in [6, 6.07) is -0.545. The number of carbonyl (C=O) groups is 1. The van der Waals surface area contributed by atoms with Gasteiger partial charge in [-0.25, -0.2) is 0 Å². The second-order valence-corrected chi connectivity index (χ2v) is 7.99. The number of aliphatic hydroxyl groups is 2. The Kier molecular flexibility index (Phi) is 6.05. The zero-order valence-electron chi connectivity index (χ0n) is 16.0. The lowest BCUT2D eigenvalue weighted by molar-refractivity contribution is -0.153. The van der Waals surface area contributed by atoms with Crippen LogP contribution >= 0.6 is 11.3 Å². The molecule has 0 radical (unpaired) electrons. The average molecular weight is 429 g/mol. The number of aromatic amines is 1. The molecule has 1 fully saturated rings. The van der Waals surface area contributed by atoms with E-state index in [1.807, 2.05) is 13.8 Å². The molecule has 2 aromatic rings. The summed E-state index contributed by atoms with van der Waals surface area (Å²) < 4.78 is 11.8. The highest BCUT2D eigenvalue weighted by Crippen LogP contribution is 2.31. The van der Waals surface area contributed by atoms with Crippen molar-refractivity contribution in [2.75, 3.05) is 19.4 Å². The van der Waals surface area contributed by atoms with Crippen molar-refractivity contribution < 1.29 is 24.5 Å². The fourth-order valence-corrected chi connectivity index (χ4v) is 4.07. The zero-order chi connectivity index (χ0) is 21.5. The number of carbonyl (C=O) groups excluding carboxylic acids is 1. The van der Waals surface area contributed by atoms with Crippen LogP contribution in [-0.2, 0) is 14.3 Å². The number of aromatic nitrogens is 3. The summed E-state index contributed by atoms with van der Waals surface area (Å²) in [6.07, 6.45) is -5.35. The molecule has 6 N–H and O–H groups in total. The normalized spacial score (nSPS) is 25.6. The molecule has 1 aliphatic heterocycles. The highest BCUT2D eigenvalue weighted by atomic mass is 32.1. The number of hydrogen-bond acceptors (Lipinski definition) is 11. The van der Waals surface area contributed by atoms with Gasteiger partial charge < -0.3 is 30.7 Å². The largest absolute Gasteiger partial charge is 0.462 e. The summed E-state index contributed by atoms with van der Waals surface area (Å²) >= 11 is 0.613. The highest BCUT2D eigenvalue weighted by molar-refractivity contribution is 7.16. The number of anilines is 1. The van der Waals surface area contributed by atoms with Crippen molar-refractivity contribution in [3.05, 3.63) is 20.0 Å². The van der Waals surface area contributed by atoms with Crippen molar-refractivity contribution in [3.63, 3.8) is 0 Å². The van der Waals surface area contributed by atoms with Crippen LogP contribution in [-0.4, -0.2) is 68.7 Å². The Labute approximate surface area is 168 Å². The van der Waals surface area contributed by atoms with E-state index in [9.17, 15) is 24.6 Å². The molecule has 160 valence electrons. The van der Waals surface area contributed by atoms with Gasteiger partial charge in [-0.2, -0.15) is 4.98 Å². The Balaban J connectivity index is 1.83. The number of nitrogen functional groups attached to an aromatic ring is 1. The third-order valence-corrected chi connectivity index (χ3v) is 5.65. The van der Waals surface area contributed by atoms with E-state index in [0.29, 0.717) is 11.3 Å². The first-order chi connectivity index (χ1) is 13.6. The summed E-state index contributed by atoms with van der Waals surface area (Å²) in [5, 5.41) is 23.6. The van der Waals surface area contributed by atoms with Crippen molar-refractivity contribution in [3.8, 4) is 0 Å². The molecule has 0 aliphatic carbocycles.